The van der Waals surface area contributed by atoms with Gasteiger partial charge in [-0.25, -0.2) is 4.79 Å². The van der Waals surface area contributed by atoms with Gasteiger partial charge in [0, 0.05) is 17.0 Å². The highest BCUT2D eigenvalue weighted by atomic mass is 35.5. The van der Waals surface area contributed by atoms with Crippen molar-refractivity contribution in [2.75, 3.05) is 0 Å². The molecule has 3 aromatic carbocycles. The Morgan fingerprint density at radius 1 is 0.929 bits per heavy atom. The number of benzene rings is 3. The highest BCUT2D eigenvalue weighted by Gasteiger charge is 2.23. The summed E-state index contributed by atoms with van der Waals surface area (Å²) in [5.74, 6) is -0.549. The van der Waals surface area contributed by atoms with Crippen molar-refractivity contribution in [2.45, 2.75) is 5.92 Å². The van der Waals surface area contributed by atoms with Gasteiger partial charge in [-0.05, 0) is 23.3 Å². The van der Waals surface area contributed by atoms with Crippen LogP contribution in [0.15, 0.2) is 94.2 Å². The van der Waals surface area contributed by atoms with Crippen molar-refractivity contribution in [3.05, 3.63) is 117 Å². The van der Waals surface area contributed by atoms with E-state index in [1.54, 1.807) is 12.1 Å². The second-order valence-corrected chi connectivity index (χ2v) is 6.89. The first-order valence-corrected chi connectivity index (χ1v) is 9.25. The average Bonchev–Trinajstić information content (AvgIpc) is 2.71. The summed E-state index contributed by atoms with van der Waals surface area (Å²) in [5, 5.41) is 11.8. The summed E-state index contributed by atoms with van der Waals surface area (Å²) in [6, 6.07) is 24.2. The Morgan fingerprint density at radius 3 is 2.32 bits per heavy atom. The Bertz CT molecular complexity index is 1200. The van der Waals surface area contributed by atoms with Crippen molar-refractivity contribution in [2.24, 2.45) is 0 Å². The molecule has 4 rings (SSSR count). The molecule has 1 aromatic heterocycles. The average molecular weight is 389 g/mol. The standard InChI is InChI=1S/C24H17ClO3/c25-18-12-14-20-21(15-18)28-24(27)22(23(20)26)19(17-9-5-2-6-10-17)13-11-16-7-3-1-4-8-16/h1-15,19,26H/b13-11+. The van der Waals surface area contributed by atoms with Gasteiger partial charge in [0.1, 0.15) is 11.3 Å². The van der Waals surface area contributed by atoms with Crippen LogP contribution in [0.5, 0.6) is 5.75 Å². The Hall–Kier alpha value is -3.30. The van der Waals surface area contributed by atoms with E-state index >= 15 is 0 Å². The van der Waals surface area contributed by atoms with Crippen LogP contribution in [-0.2, 0) is 0 Å². The largest absolute Gasteiger partial charge is 0.507 e. The number of hydrogen-bond acceptors (Lipinski definition) is 3. The first-order valence-electron chi connectivity index (χ1n) is 8.87. The second kappa shape index (κ2) is 7.75. The van der Waals surface area contributed by atoms with E-state index in [9.17, 15) is 9.90 Å². The van der Waals surface area contributed by atoms with Gasteiger partial charge >= 0.3 is 5.63 Å². The predicted molar refractivity (Wildman–Crippen MR) is 113 cm³/mol. The fourth-order valence-electron chi connectivity index (χ4n) is 3.25. The van der Waals surface area contributed by atoms with Gasteiger partial charge in [-0.1, -0.05) is 84.4 Å². The fraction of sp³-hybridized carbons (Fsp3) is 0.0417. The molecule has 0 fully saturated rings. The molecule has 0 saturated carbocycles. The Balaban J connectivity index is 1.91. The number of aromatic hydroxyl groups is 1. The van der Waals surface area contributed by atoms with Crippen molar-refractivity contribution >= 4 is 28.6 Å². The maximum absolute atomic E-state index is 12.8. The summed E-state index contributed by atoms with van der Waals surface area (Å²) in [7, 11) is 0. The van der Waals surface area contributed by atoms with Crippen LogP contribution in [0.2, 0.25) is 5.02 Å². The van der Waals surface area contributed by atoms with Crippen LogP contribution in [0.25, 0.3) is 17.0 Å². The molecular weight excluding hydrogens is 372 g/mol. The van der Waals surface area contributed by atoms with E-state index in [0.717, 1.165) is 11.1 Å². The molecule has 1 N–H and O–H groups in total. The van der Waals surface area contributed by atoms with Gasteiger partial charge < -0.3 is 9.52 Å². The minimum Gasteiger partial charge on any atom is -0.507 e. The first-order chi connectivity index (χ1) is 13.6. The molecule has 28 heavy (non-hydrogen) atoms. The maximum Gasteiger partial charge on any atom is 0.344 e. The second-order valence-electron chi connectivity index (χ2n) is 6.45. The lowest BCUT2D eigenvalue weighted by Gasteiger charge is -2.15. The molecule has 0 aliphatic heterocycles. The molecule has 0 saturated heterocycles. The van der Waals surface area contributed by atoms with Crippen LogP contribution in [0.4, 0.5) is 0 Å². The zero-order chi connectivity index (χ0) is 19.5. The molecule has 4 heteroatoms. The van der Waals surface area contributed by atoms with Crippen molar-refractivity contribution in [1.82, 2.24) is 0 Å². The molecule has 1 heterocycles. The van der Waals surface area contributed by atoms with Gasteiger partial charge in [0.2, 0.25) is 0 Å². The summed E-state index contributed by atoms with van der Waals surface area (Å²) in [5.41, 5.74) is 1.76. The third-order valence-electron chi connectivity index (χ3n) is 4.63. The van der Waals surface area contributed by atoms with E-state index < -0.39 is 11.5 Å². The highest BCUT2D eigenvalue weighted by Crippen LogP contribution is 2.36. The molecule has 3 nitrogen and oxygen atoms in total. The van der Waals surface area contributed by atoms with Gasteiger partial charge in [-0.15, -0.1) is 0 Å². The molecule has 0 bridgehead atoms. The zero-order valence-electron chi connectivity index (χ0n) is 14.9. The number of fused-ring (bicyclic) bond motifs is 1. The predicted octanol–water partition coefficient (Wildman–Crippen LogP) is 6.00. The number of halogens is 1. The SMILES string of the molecule is O=c1oc2cc(Cl)ccc2c(O)c1C(/C=C/c1ccccc1)c1ccccc1. The molecule has 1 unspecified atom stereocenters. The fourth-order valence-corrected chi connectivity index (χ4v) is 3.42. The summed E-state index contributed by atoms with van der Waals surface area (Å²) in [6.07, 6.45) is 3.83. The Labute approximate surface area is 167 Å². The first kappa shape index (κ1) is 18.1. The van der Waals surface area contributed by atoms with Crippen molar-refractivity contribution in [1.29, 1.82) is 0 Å². The van der Waals surface area contributed by atoms with Crippen LogP contribution in [0.3, 0.4) is 0 Å². The number of hydrogen-bond donors (Lipinski definition) is 1. The molecule has 0 amide bonds. The highest BCUT2D eigenvalue weighted by molar-refractivity contribution is 6.31. The summed E-state index contributed by atoms with van der Waals surface area (Å²) in [6.45, 7) is 0. The van der Waals surface area contributed by atoms with Crippen molar-refractivity contribution < 1.29 is 9.52 Å². The number of allylic oxidation sites excluding steroid dienone is 1. The molecule has 4 aromatic rings. The van der Waals surface area contributed by atoms with E-state index in [1.807, 2.05) is 72.8 Å². The molecule has 0 aliphatic rings. The molecule has 0 radical (unpaired) electrons. The monoisotopic (exact) mass is 388 g/mol. The molecule has 0 spiro atoms. The molecule has 1 atom stereocenters. The van der Waals surface area contributed by atoms with Gasteiger partial charge in [-0.2, -0.15) is 0 Å². The minimum atomic E-state index is -0.584. The Kier molecular flexibility index (Phi) is 5.00. The molecule has 138 valence electrons. The van der Waals surface area contributed by atoms with Crippen LogP contribution in [0.1, 0.15) is 22.6 Å². The minimum absolute atomic E-state index is 0.0884. The molecular formula is C24H17ClO3. The summed E-state index contributed by atoms with van der Waals surface area (Å²) < 4.78 is 5.48. The van der Waals surface area contributed by atoms with E-state index in [1.165, 1.54) is 6.07 Å². The lowest BCUT2D eigenvalue weighted by atomic mass is 9.90. The smallest absolute Gasteiger partial charge is 0.344 e. The van der Waals surface area contributed by atoms with Gasteiger partial charge in [0.25, 0.3) is 0 Å². The van der Waals surface area contributed by atoms with E-state index in [0.29, 0.717) is 10.4 Å². The molecule has 0 aliphatic carbocycles. The van der Waals surface area contributed by atoms with E-state index in [2.05, 4.69) is 0 Å². The third kappa shape index (κ3) is 3.57. The van der Waals surface area contributed by atoms with Gasteiger partial charge in [0.05, 0.1) is 10.9 Å². The topological polar surface area (TPSA) is 50.4 Å². The van der Waals surface area contributed by atoms with Gasteiger partial charge in [-0.3, -0.25) is 0 Å². The summed E-state index contributed by atoms with van der Waals surface area (Å²) in [4.78, 5) is 12.8. The van der Waals surface area contributed by atoms with Crippen LogP contribution in [-0.4, -0.2) is 5.11 Å². The number of rotatable bonds is 4. The van der Waals surface area contributed by atoms with E-state index in [-0.39, 0.29) is 16.9 Å². The van der Waals surface area contributed by atoms with Crippen LogP contribution < -0.4 is 5.63 Å². The summed E-state index contributed by atoms with van der Waals surface area (Å²) >= 11 is 5.98. The van der Waals surface area contributed by atoms with Crippen molar-refractivity contribution in [3.8, 4) is 5.75 Å². The van der Waals surface area contributed by atoms with Gasteiger partial charge in [0.15, 0.2) is 0 Å². The van der Waals surface area contributed by atoms with E-state index in [4.69, 9.17) is 16.0 Å². The normalized spacial score (nSPS) is 12.5. The quantitative estimate of drug-likeness (QED) is 0.436. The third-order valence-corrected chi connectivity index (χ3v) is 4.86. The maximum atomic E-state index is 12.8. The van der Waals surface area contributed by atoms with Crippen LogP contribution in [0, 0.1) is 0 Å². The lowest BCUT2D eigenvalue weighted by molar-refractivity contribution is 0.456. The van der Waals surface area contributed by atoms with Crippen LogP contribution >= 0.6 is 11.6 Å². The lowest BCUT2D eigenvalue weighted by Crippen LogP contribution is -2.13. The zero-order valence-corrected chi connectivity index (χ0v) is 15.6. The Morgan fingerprint density at radius 2 is 1.61 bits per heavy atom. The van der Waals surface area contributed by atoms with Crippen molar-refractivity contribution in [3.63, 3.8) is 0 Å².